The van der Waals surface area contributed by atoms with Crippen LogP contribution in [0.15, 0.2) is 29.2 Å². The van der Waals surface area contributed by atoms with Crippen molar-refractivity contribution in [2.24, 2.45) is 0 Å². The molecule has 0 atom stereocenters. The molecule has 3 heteroatoms. The summed E-state index contributed by atoms with van der Waals surface area (Å²) < 4.78 is 12.7. The molecule has 1 aliphatic rings. The summed E-state index contributed by atoms with van der Waals surface area (Å²) in [5.41, 5.74) is 0. The van der Waals surface area contributed by atoms with Crippen LogP contribution in [0.1, 0.15) is 25.7 Å². The summed E-state index contributed by atoms with van der Waals surface area (Å²) in [5, 5.41) is 9.95. The summed E-state index contributed by atoms with van der Waals surface area (Å²) in [4.78, 5) is 1.12. The maximum Gasteiger partial charge on any atom is 0.123 e. The van der Waals surface area contributed by atoms with Gasteiger partial charge in [0.25, 0.3) is 0 Å². The molecule has 1 aromatic rings. The third kappa shape index (κ3) is 3.21. The van der Waals surface area contributed by atoms with Crippen LogP contribution < -0.4 is 0 Å². The maximum absolute atomic E-state index is 12.7. The van der Waals surface area contributed by atoms with Crippen molar-refractivity contribution in [3.63, 3.8) is 0 Å². The molecule has 1 saturated carbocycles. The molecule has 82 valence electrons. The Bertz CT molecular complexity index is 304. The number of halogens is 1. The Kier molecular flexibility index (Phi) is 3.65. The zero-order chi connectivity index (χ0) is 10.7. The van der Waals surface area contributed by atoms with Crippen LogP contribution in [0.3, 0.4) is 0 Å². The Morgan fingerprint density at radius 1 is 1.07 bits per heavy atom. The Morgan fingerprint density at radius 3 is 2.27 bits per heavy atom. The molecule has 0 unspecified atom stereocenters. The largest absolute Gasteiger partial charge is 0.393 e. The van der Waals surface area contributed by atoms with Crippen LogP contribution >= 0.6 is 11.8 Å². The van der Waals surface area contributed by atoms with Gasteiger partial charge in [0.1, 0.15) is 5.82 Å². The number of benzene rings is 1. The minimum atomic E-state index is -0.182. The van der Waals surface area contributed by atoms with E-state index in [-0.39, 0.29) is 11.9 Å². The fraction of sp³-hybridized carbons (Fsp3) is 0.500. The smallest absolute Gasteiger partial charge is 0.123 e. The van der Waals surface area contributed by atoms with Crippen molar-refractivity contribution < 1.29 is 9.50 Å². The number of aliphatic hydroxyl groups excluding tert-OH is 1. The van der Waals surface area contributed by atoms with E-state index >= 15 is 0 Å². The molecule has 1 fully saturated rings. The van der Waals surface area contributed by atoms with Crippen LogP contribution in [0.25, 0.3) is 0 Å². The molecule has 1 aliphatic carbocycles. The normalized spacial score (nSPS) is 26.5. The molecule has 0 bridgehead atoms. The van der Waals surface area contributed by atoms with Gasteiger partial charge >= 0.3 is 0 Å². The second-order valence-electron chi connectivity index (χ2n) is 4.00. The van der Waals surface area contributed by atoms with E-state index in [1.165, 1.54) is 12.1 Å². The average molecular weight is 226 g/mol. The fourth-order valence-electron chi connectivity index (χ4n) is 1.87. The lowest BCUT2D eigenvalue weighted by Gasteiger charge is -2.24. The van der Waals surface area contributed by atoms with E-state index in [0.717, 1.165) is 30.6 Å². The zero-order valence-corrected chi connectivity index (χ0v) is 9.34. The van der Waals surface area contributed by atoms with Crippen molar-refractivity contribution >= 4 is 11.8 Å². The molecule has 0 radical (unpaired) electrons. The molecular formula is C12H15FOS. The summed E-state index contributed by atoms with van der Waals surface area (Å²) in [5.74, 6) is -0.182. The zero-order valence-electron chi connectivity index (χ0n) is 8.53. The second kappa shape index (κ2) is 4.99. The molecule has 15 heavy (non-hydrogen) atoms. The van der Waals surface area contributed by atoms with E-state index in [2.05, 4.69) is 0 Å². The van der Waals surface area contributed by atoms with Crippen molar-refractivity contribution in [3.05, 3.63) is 30.1 Å². The van der Waals surface area contributed by atoms with Crippen LogP contribution in [0.5, 0.6) is 0 Å². The van der Waals surface area contributed by atoms with Crippen molar-refractivity contribution in [2.45, 2.75) is 41.9 Å². The maximum atomic E-state index is 12.7. The van der Waals surface area contributed by atoms with Crippen molar-refractivity contribution in [1.82, 2.24) is 0 Å². The molecule has 0 aliphatic heterocycles. The van der Waals surface area contributed by atoms with Crippen LogP contribution in [-0.2, 0) is 0 Å². The summed E-state index contributed by atoms with van der Waals surface area (Å²) in [6.45, 7) is 0. The van der Waals surface area contributed by atoms with Gasteiger partial charge in [0, 0.05) is 10.1 Å². The quantitative estimate of drug-likeness (QED) is 0.835. The van der Waals surface area contributed by atoms with Gasteiger partial charge in [-0.25, -0.2) is 4.39 Å². The van der Waals surface area contributed by atoms with Gasteiger partial charge in [-0.1, -0.05) is 0 Å². The molecule has 1 aromatic carbocycles. The highest BCUT2D eigenvalue weighted by Gasteiger charge is 2.19. The standard InChI is InChI=1S/C12H15FOS/c13-9-1-5-11(6-2-9)15-12-7-3-10(14)4-8-12/h1-2,5-6,10,12,14H,3-4,7-8H2. The summed E-state index contributed by atoms with van der Waals surface area (Å²) in [6, 6.07) is 6.65. The van der Waals surface area contributed by atoms with Crippen LogP contribution in [0.2, 0.25) is 0 Å². The molecule has 0 aromatic heterocycles. The number of rotatable bonds is 2. The number of aliphatic hydroxyl groups is 1. The third-order valence-corrected chi connectivity index (χ3v) is 4.11. The van der Waals surface area contributed by atoms with Gasteiger partial charge in [-0.3, -0.25) is 0 Å². The average Bonchev–Trinajstić information content (AvgIpc) is 2.25. The first-order valence-electron chi connectivity index (χ1n) is 5.34. The first-order chi connectivity index (χ1) is 7.24. The predicted octanol–water partition coefficient (Wildman–Crippen LogP) is 3.22. The number of hydrogen-bond donors (Lipinski definition) is 1. The monoisotopic (exact) mass is 226 g/mol. The molecular weight excluding hydrogens is 211 g/mol. The van der Waals surface area contributed by atoms with Crippen molar-refractivity contribution in [2.75, 3.05) is 0 Å². The molecule has 1 N–H and O–H groups in total. The minimum absolute atomic E-state index is 0.102. The Morgan fingerprint density at radius 2 is 1.67 bits per heavy atom. The molecule has 2 rings (SSSR count). The molecule has 0 spiro atoms. The molecule has 1 nitrogen and oxygen atoms in total. The van der Waals surface area contributed by atoms with Gasteiger partial charge in [-0.15, -0.1) is 11.8 Å². The topological polar surface area (TPSA) is 20.2 Å². The Balaban J connectivity index is 1.89. The van der Waals surface area contributed by atoms with E-state index in [1.54, 1.807) is 11.8 Å². The van der Waals surface area contributed by atoms with E-state index in [9.17, 15) is 9.50 Å². The number of thioether (sulfide) groups is 1. The van der Waals surface area contributed by atoms with Gasteiger partial charge < -0.3 is 5.11 Å². The van der Waals surface area contributed by atoms with E-state index < -0.39 is 0 Å². The molecule has 0 amide bonds. The highest BCUT2D eigenvalue weighted by Crippen LogP contribution is 2.33. The summed E-state index contributed by atoms with van der Waals surface area (Å²) in [6.07, 6.45) is 3.82. The minimum Gasteiger partial charge on any atom is -0.393 e. The third-order valence-electron chi connectivity index (χ3n) is 2.76. The van der Waals surface area contributed by atoms with Crippen molar-refractivity contribution in [3.8, 4) is 0 Å². The van der Waals surface area contributed by atoms with E-state index in [4.69, 9.17) is 0 Å². The van der Waals surface area contributed by atoms with Crippen LogP contribution in [-0.4, -0.2) is 16.5 Å². The van der Waals surface area contributed by atoms with Crippen LogP contribution in [0.4, 0.5) is 4.39 Å². The van der Waals surface area contributed by atoms with Gasteiger partial charge in [0.05, 0.1) is 6.10 Å². The lowest BCUT2D eigenvalue weighted by molar-refractivity contribution is 0.132. The molecule has 0 heterocycles. The van der Waals surface area contributed by atoms with Gasteiger partial charge in [0.15, 0.2) is 0 Å². The highest BCUT2D eigenvalue weighted by atomic mass is 32.2. The number of hydrogen-bond acceptors (Lipinski definition) is 2. The van der Waals surface area contributed by atoms with Crippen LogP contribution in [0, 0.1) is 5.82 Å². The van der Waals surface area contributed by atoms with E-state index in [1.807, 2.05) is 12.1 Å². The van der Waals surface area contributed by atoms with Gasteiger partial charge in [-0.05, 0) is 49.9 Å². The van der Waals surface area contributed by atoms with E-state index in [0.29, 0.717) is 5.25 Å². The summed E-state index contributed by atoms with van der Waals surface area (Å²) in [7, 11) is 0. The second-order valence-corrected chi connectivity index (χ2v) is 5.38. The summed E-state index contributed by atoms with van der Waals surface area (Å²) >= 11 is 1.80. The van der Waals surface area contributed by atoms with Crippen molar-refractivity contribution in [1.29, 1.82) is 0 Å². The first-order valence-corrected chi connectivity index (χ1v) is 6.22. The SMILES string of the molecule is OC1CCC(Sc2ccc(F)cc2)CC1. The lowest BCUT2D eigenvalue weighted by atomic mass is 9.97. The highest BCUT2D eigenvalue weighted by molar-refractivity contribution is 8.00. The molecule has 0 saturated heterocycles. The van der Waals surface area contributed by atoms with Gasteiger partial charge in [0.2, 0.25) is 0 Å². The Hall–Kier alpha value is -0.540. The Labute approximate surface area is 93.7 Å². The lowest BCUT2D eigenvalue weighted by Crippen LogP contribution is -2.19. The predicted molar refractivity (Wildman–Crippen MR) is 60.5 cm³/mol. The fourth-order valence-corrected chi connectivity index (χ4v) is 3.05. The van der Waals surface area contributed by atoms with Gasteiger partial charge in [-0.2, -0.15) is 0 Å². The first kappa shape index (κ1) is 11.0.